The molecule has 0 saturated heterocycles. The van der Waals surface area contributed by atoms with Gasteiger partial charge in [-0.15, -0.1) is 0 Å². The Morgan fingerprint density at radius 2 is 2.00 bits per heavy atom. The molecule has 1 aliphatic carbocycles. The van der Waals surface area contributed by atoms with Crippen LogP contribution in [0.5, 0.6) is 0 Å². The van der Waals surface area contributed by atoms with Crippen LogP contribution in [0, 0.1) is 12.3 Å². The lowest BCUT2D eigenvalue weighted by Gasteiger charge is -2.06. The summed E-state index contributed by atoms with van der Waals surface area (Å²) in [4.78, 5) is 0. The van der Waals surface area contributed by atoms with Gasteiger partial charge < -0.3 is 0 Å². The van der Waals surface area contributed by atoms with Gasteiger partial charge in [-0.05, 0) is 18.8 Å². The van der Waals surface area contributed by atoms with E-state index in [-0.39, 0.29) is 0 Å². The highest BCUT2D eigenvalue weighted by atomic mass is 14.2. The van der Waals surface area contributed by atoms with E-state index in [1.54, 1.807) is 0 Å². The lowest BCUT2D eigenvalue weighted by Crippen LogP contribution is -1.92. The molecule has 1 rings (SSSR count). The highest BCUT2D eigenvalue weighted by Crippen LogP contribution is 2.28. The molecule has 0 amide bonds. The predicted molar refractivity (Wildman–Crippen MR) is 50.4 cm³/mol. The van der Waals surface area contributed by atoms with Crippen LogP contribution in [0.25, 0.3) is 0 Å². The molecule has 0 heteroatoms. The van der Waals surface area contributed by atoms with Crippen molar-refractivity contribution in [2.75, 3.05) is 0 Å². The van der Waals surface area contributed by atoms with Crippen LogP contribution in [0.2, 0.25) is 0 Å². The largest absolute Gasteiger partial charge is 0.0654 e. The van der Waals surface area contributed by atoms with Crippen LogP contribution in [0.4, 0.5) is 0 Å². The Kier molecular flexibility index (Phi) is 4.65. The Labute approximate surface area is 71.4 Å². The molecule has 0 atom stereocenters. The molecule has 0 N–H and O–H groups in total. The van der Waals surface area contributed by atoms with Crippen molar-refractivity contribution in [3.63, 3.8) is 0 Å². The topological polar surface area (TPSA) is 0 Å². The summed E-state index contributed by atoms with van der Waals surface area (Å²) in [7, 11) is 0. The quantitative estimate of drug-likeness (QED) is 0.524. The van der Waals surface area contributed by atoms with Gasteiger partial charge in [0.1, 0.15) is 0 Å². The Morgan fingerprint density at radius 3 is 2.64 bits per heavy atom. The lowest BCUT2D eigenvalue weighted by molar-refractivity contribution is 0.526. The Bertz CT molecular complexity index is 80.0. The van der Waals surface area contributed by atoms with E-state index >= 15 is 0 Å². The highest BCUT2D eigenvalue weighted by Gasteiger charge is 2.13. The van der Waals surface area contributed by atoms with Crippen LogP contribution in [0.15, 0.2) is 0 Å². The summed E-state index contributed by atoms with van der Waals surface area (Å²) in [6.07, 6.45) is 14.0. The first-order chi connectivity index (χ1) is 5.43. The maximum atomic E-state index is 2.51. The standard InChI is InChI=1S/C11H21/c1-2-3-4-5-8-11-9-6-7-10-11/h5,11H,2-4,6-10H2,1H3. The molecule has 0 heterocycles. The van der Waals surface area contributed by atoms with E-state index in [1.807, 2.05) is 0 Å². The van der Waals surface area contributed by atoms with Crippen LogP contribution in [-0.4, -0.2) is 0 Å². The Morgan fingerprint density at radius 1 is 1.27 bits per heavy atom. The maximum Gasteiger partial charge on any atom is -0.0383 e. The molecule has 1 aliphatic rings. The molecular formula is C11H21. The first-order valence-corrected chi connectivity index (χ1v) is 5.25. The van der Waals surface area contributed by atoms with E-state index in [1.165, 1.54) is 51.4 Å². The average Bonchev–Trinajstić information content (AvgIpc) is 2.50. The van der Waals surface area contributed by atoms with Gasteiger partial charge in [-0.2, -0.15) is 0 Å². The van der Waals surface area contributed by atoms with Gasteiger partial charge in [0, 0.05) is 0 Å². The third kappa shape index (κ3) is 3.79. The molecule has 0 aromatic heterocycles. The molecular weight excluding hydrogens is 132 g/mol. The summed E-state index contributed by atoms with van der Waals surface area (Å²) in [5, 5.41) is 0. The highest BCUT2D eigenvalue weighted by molar-refractivity contribution is 4.74. The number of hydrogen-bond acceptors (Lipinski definition) is 0. The van der Waals surface area contributed by atoms with E-state index in [4.69, 9.17) is 0 Å². The van der Waals surface area contributed by atoms with E-state index in [0.29, 0.717) is 0 Å². The maximum absolute atomic E-state index is 2.51. The summed E-state index contributed by atoms with van der Waals surface area (Å²) in [5.74, 6) is 1.06. The van der Waals surface area contributed by atoms with E-state index < -0.39 is 0 Å². The SMILES string of the molecule is CCCC[CH]CC1CCCC1. The molecule has 0 aromatic rings. The minimum Gasteiger partial charge on any atom is -0.0654 e. The predicted octanol–water partition coefficient (Wildman–Crippen LogP) is 3.96. The summed E-state index contributed by atoms with van der Waals surface area (Å²) in [6.45, 7) is 2.27. The molecule has 0 aromatic carbocycles. The lowest BCUT2D eigenvalue weighted by atomic mass is 10.00. The molecule has 0 unspecified atom stereocenters. The first-order valence-electron chi connectivity index (χ1n) is 5.25. The van der Waals surface area contributed by atoms with Crippen LogP contribution >= 0.6 is 0 Å². The third-order valence-corrected chi connectivity index (χ3v) is 2.74. The van der Waals surface area contributed by atoms with Gasteiger partial charge in [0.05, 0.1) is 0 Å². The van der Waals surface area contributed by atoms with Gasteiger partial charge in [-0.25, -0.2) is 0 Å². The molecule has 65 valence electrons. The fourth-order valence-electron chi connectivity index (χ4n) is 1.95. The minimum atomic E-state index is 1.06. The van der Waals surface area contributed by atoms with E-state index in [9.17, 15) is 0 Å². The summed E-state index contributed by atoms with van der Waals surface area (Å²) in [6, 6.07) is 0. The second-order valence-electron chi connectivity index (χ2n) is 3.82. The first kappa shape index (κ1) is 9.09. The molecule has 1 radical (unpaired) electrons. The fourth-order valence-corrected chi connectivity index (χ4v) is 1.95. The van der Waals surface area contributed by atoms with Gasteiger partial charge >= 0.3 is 0 Å². The van der Waals surface area contributed by atoms with Crippen molar-refractivity contribution in [2.45, 2.75) is 58.3 Å². The molecule has 0 aliphatic heterocycles. The van der Waals surface area contributed by atoms with Crippen molar-refractivity contribution in [2.24, 2.45) is 5.92 Å². The van der Waals surface area contributed by atoms with E-state index in [0.717, 1.165) is 5.92 Å². The number of unbranched alkanes of at least 4 members (excludes halogenated alkanes) is 3. The van der Waals surface area contributed by atoms with Crippen molar-refractivity contribution in [1.82, 2.24) is 0 Å². The van der Waals surface area contributed by atoms with Crippen LogP contribution in [-0.2, 0) is 0 Å². The number of rotatable bonds is 5. The van der Waals surface area contributed by atoms with Crippen molar-refractivity contribution < 1.29 is 0 Å². The van der Waals surface area contributed by atoms with Crippen molar-refractivity contribution in [3.05, 3.63) is 6.42 Å². The van der Waals surface area contributed by atoms with Gasteiger partial charge in [-0.3, -0.25) is 0 Å². The van der Waals surface area contributed by atoms with Crippen LogP contribution in [0.1, 0.15) is 58.3 Å². The van der Waals surface area contributed by atoms with Crippen molar-refractivity contribution in [1.29, 1.82) is 0 Å². The summed E-state index contributed by atoms with van der Waals surface area (Å²) >= 11 is 0. The molecule has 1 fully saturated rings. The van der Waals surface area contributed by atoms with Gasteiger partial charge in [0.2, 0.25) is 0 Å². The summed E-state index contributed by atoms with van der Waals surface area (Å²) < 4.78 is 0. The third-order valence-electron chi connectivity index (χ3n) is 2.74. The molecule has 1 saturated carbocycles. The normalized spacial score (nSPS) is 19.4. The zero-order valence-electron chi connectivity index (χ0n) is 7.81. The number of hydrogen-bond donors (Lipinski definition) is 0. The van der Waals surface area contributed by atoms with Crippen molar-refractivity contribution in [3.8, 4) is 0 Å². The van der Waals surface area contributed by atoms with Crippen LogP contribution < -0.4 is 0 Å². The zero-order chi connectivity index (χ0) is 7.94. The van der Waals surface area contributed by atoms with Gasteiger partial charge in [0.15, 0.2) is 0 Å². The smallest absolute Gasteiger partial charge is 0.0383 e. The minimum absolute atomic E-state index is 1.06. The Hall–Kier alpha value is 0. The molecule has 11 heavy (non-hydrogen) atoms. The van der Waals surface area contributed by atoms with Crippen molar-refractivity contribution >= 4 is 0 Å². The summed E-state index contributed by atoms with van der Waals surface area (Å²) in [5.41, 5.74) is 0. The van der Waals surface area contributed by atoms with Gasteiger partial charge in [-0.1, -0.05) is 51.9 Å². The Balaban J connectivity index is 1.86. The van der Waals surface area contributed by atoms with Gasteiger partial charge in [0.25, 0.3) is 0 Å². The molecule has 0 spiro atoms. The molecule has 0 nitrogen and oxygen atoms in total. The molecule has 0 bridgehead atoms. The zero-order valence-corrected chi connectivity index (χ0v) is 7.81. The monoisotopic (exact) mass is 153 g/mol. The fraction of sp³-hybridized carbons (Fsp3) is 0.909. The second kappa shape index (κ2) is 5.62. The average molecular weight is 153 g/mol. The van der Waals surface area contributed by atoms with E-state index in [2.05, 4.69) is 13.3 Å². The second-order valence-corrected chi connectivity index (χ2v) is 3.82. The van der Waals surface area contributed by atoms with Crippen LogP contribution in [0.3, 0.4) is 0 Å².